The van der Waals surface area contributed by atoms with E-state index in [-0.39, 0.29) is 0 Å². The lowest BCUT2D eigenvalue weighted by Gasteiger charge is -2.02. The highest BCUT2D eigenvalue weighted by atomic mass is 35.5. The molecule has 2 aromatic heterocycles. The first-order valence-corrected chi connectivity index (χ1v) is 6.79. The van der Waals surface area contributed by atoms with Crippen molar-refractivity contribution in [2.75, 3.05) is 7.05 Å². The second-order valence-electron chi connectivity index (χ2n) is 4.70. The topological polar surface area (TPSA) is 42.7 Å². The molecule has 0 spiro atoms. The molecule has 5 heteroatoms. The maximum atomic E-state index is 6.23. The van der Waals surface area contributed by atoms with Crippen LogP contribution in [0.15, 0.2) is 36.5 Å². The quantitative estimate of drug-likeness (QED) is 0.805. The van der Waals surface area contributed by atoms with Crippen molar-refractivity contribution in [1.29, 1.82) is 0 Å². The summed E-state index contributed by atoms with van der Waals surface area (Å²) in [5.74, 6) is 0. The number of pyridine rings is 1. The van der Waals surface area contributed by atoms with Crippen molar-refractivity contribution in [3.8, 4) is 11.3 Å². The fourth-order valence-corrected chi connectivity index (χ4v) is 2.47. The average Bonchev–Trinajstić information content (AvgIpc) is 2.81. The minimum atomic E-state index is 0.711. The number of nitrogens with zero attached hydrogens (tertiary/aromatic N) is 3. The lowest BCUT2D eigenvalue weighted by atomic mass is 10.1. The smallest absolute Gasteiger partial charge is 0.0926 e. The van der Waals surface area contributed by atoms with E-state index >= 15 is 0 Å². The molecule has 0 fully saturated rings. The van der Waals surface area contributed by atoms with Gasteiger partial charge in [0.15, 0.2) is 0 Å². The average molecular weight is 287 g/mol. The first-order chi connectivity index (χ1) is 9.69. The number of aromatic nitrogens is 3. The summed E-state index contributed by atoms with van der Waals surface area (Å²) < 4.78 is 1.89. The molecule has 20 heavy (non-hydrogen) atoms. The van der Waals surface area contributed by atoms with Crippen LogP contribution in [-0.4, -0.2) is 21.8 Å². The molecule has 0 aliphatic heterocycles. The van der Waals surface area contributed by atoms with Gasteiger partial charge in [0.2, 0.25) is 0 Å². The molecule has 0 amide bonds. The molecule has 0 saturated carbocycles. The Hall–Kier alpha value is -1.91. The number of aryl methyl sites for hydroxylation is 1. The highest BCUT2D eigenvalue weighted by molar-refractivity contribution is 6.35. The van der Waals surface area contributed by atoms with Crippen LogP contribution >= 0.6 is 11.6 Å². The third-order valence-electron chi connectivity index (χ3n) is 3.32. The Balaban J connectivity index is 2.10. The van der Waals surface area contributed by atoms with Crippen LogP contribution in [0.5, 0.6) is 0 Å². The highest BCUT2D eigenvalue weighted by Gasteiger charge is 2.08. The third kappa shape index (κ3) is 2.28. The molecule has 1 N–H and O–H groups in total. The summed E-state index contributed by atoms with van der Waals surface area (Å²) in [6.07, 6.45) is 1.72. The van der Waals surface area contributed by atoms with Crippen molar-refractivity contribution >= 4 is 22.5 Å². The molecular weight excluding hydrogens is 272 g/mol. The Morgan fingerprint density at radius 2 is 2.10 bits per heavy atom. The number of nitrogens with one attached hydrogen (secondary N) is 1. The van der Waals surface area contributed by atoms with Crippen LogP contribution < -0.4 is 5.32 Å². The van der Waals surface area contributed by atoms with Crippen LogP contribution in [0.2, 0.25) is 5.02 Å². The first-order valence-electron chi connectivity index (χ1n) is 6.41. The molecule has 3 rings (SSSR count). The molecule has 1 aromatic carbocycles. The lowest BCUT2D eigenvalue weighted by Crippen LogP contribution is -2.09. The molecule has 4 nitrogen and oxygen atoms in total. The maximum Gasteiger partial charge on any atom is 0.0926 e. The minimum Gasteiger partial charge on any atom is -0.314 e. The Morgan fingerprint density at radius 1 is 1.25 bits per heavy atom. The van der Waals surface area contributed by atoms with Gasteiger partial charge in [0.05, 0.1) is 21.9 Å². The molecule has 3 aromatic rings. The Bertz CT molecular complexity index is 764. The van der Waals surface area contributed by atoms with E-state index in [1.54, 1.807) is 12.3 Å². The van der Waals surface area contributed by atoms with E-state index in [1.807, 2.05) is 37.0 Å². The van der Waals surface area contributed by atoms with Crippen LogP contribution in [0.4, 0.5) is 0 Å². The standard InChI is InChI=1S/C15H15ClN4/c1-17-9-11-8-15(19-20(11)2)10-3-4-14-12(7-10)13(16)5-6-18-14/h3-8,17H,9H2,1-2H3. The van der Waals surface area contributed by atoms with Gasteiger partial charge in [0.1, 0.15) is 0 Å². The van der Waals surface area contributed by atoms with Crippen LogP contribution in [0, 0.1) is 0 Å². The summed E-state index contributed by atoms with van der Waals surface area (Å²) >= 11 is 6.23. The molecular formula is C15H15ClN4. The zero-order valence-electron chi connectivity index (χ0n) is 11.4. The summed E-state index contributed by atoms with van der Waals surface area (Å²) in [6, 6.07) is 9.93. The molecule has 0 aliphatic rings. The van der Waals surface area contributed by atoms with E-state index in [0.29, 0.717) is 5.02 Å². The normalized spacial score (nSPS) is 11.2. The van der Waals surface area contributed by atoms with Gasteiger partial charge in [0.25, 0.3) is 0 Å². The predicted molar refractivity (Wildman–Crippen MR) is 81.7 cm³/mol. The van der Waals surface area contributed by atoms with Crippen LogP contribution in [0.3, 0.4) is 0 Å². The summed E-state index contributed by atoms with van der Waals surface area (Å²) in [4.78, 5) is 4.31. The number of hydrogen-bond donors (Lipinski definition) is 1. The van der Waals surface area contributed by atoms with Gasteiger partial charge in [-0.25, -0.2) is 0 Å². The molecule has 0 bridgehead atoms. The van der Waals surface area contributed by atoms with Gasteiger partial charge < -0.3 is 5.32 Å². The predicted octanol–water partition coefficient (Wildman–Crippen LogP) is 3.01. The van der Waals surface area contributed by atoms with Gasteiger partial charge in [-0.3, -0.25) is 9.67 Å². The SMILES string of the molecule is CNCc1cc(-c2ccc3nccc(Cl)c3c2)nn1C. The van der Waals surface area contributed by atoms with Gasteiger partial charge >= 0.3 is 0 Å². The van der Waals surface area contributed by atoms with Gasteiger partial charge in [-0.2, -0.15) is 5.10 Å². The Labute approximate surface area is 122 Å². The fourth-order valence-electron chi connectivity index (χ4n) is 2.27. The zero-order chi connectivity index (χ0) is 14.1. The Morgan fingerprint density at radius 3 is 2.90 bits per heavy atom. The molecule has 0 aliphatic carbocycles. The van der Waals surface area contributed by atoms with E-state index in [1.165, 1.54) is 0 Å². The van der Waals surface area contributed by atoms with Crippen molar-refractivity contribution in [2.45, 2.75) is 6.54 Å². The van der Waals surface area contributed by atoms with E-state index in [2.05, 4.69) is 21.5 Å². The van der Waals surface area contributed by atoms with Crippen molar-refractivity contribution in [3.05, 3.63) is 47.2 Å². The summed E-state index contributed by atoms with van der Waals surface area (Å²) in [6.45, 7) is 0.791. The van der Waals surface area contributed by atoms with Gasteiger partial charge in [-0.1, -0.05) is 17.7 Å². The molecule has 102 valence electrons. The van der Waals surface area contributed by atoms with Gasteiger partial charge in [-0.05, 0) is 31.3 Å². The molecule has 0 radical (unpaired) electrons. The number of benzene rings is 1. The second kappa shape index (κ2) is 5.23. The summed E-state index contributed by atoms with van der Waals surface area (Å²) in [5, 5.41) is 9.35. The van der Waals surface area contributed by atoms with Crippen molar-refractivity contribution in [3.63, 3.8) is 0 Å². The van der Waals surface area contributed by atoms with Crippen LogP contribution in [0.25, 0.3) is 22.2 Å². The fraction of sp³-hybridized carbons (Fsp3) is 0.200. The van der Waals surface area contributed by atoms with E-state index < -0.39 is 0 Å². The first kappa shape index (κ1) is 13.1. The number of hydrogen-bond acceptors (Lipinski definition) is 3. The maximum absolute atomic E-state index is 6.23. The summed E-state index contributed by atoms with van der Waals surface area (Å²) in [5.41, 5.74) is 4.03. The van der Waals surface area contributed by atoms with Crippen molar-refractivity contribution < 1.29 is 0 Å². The number of fused-ring (bicyclic) bond motifs is 1. The summed E-state index contributed by atoms with van der Waals surface area (Å²) in [7, 11) is 3.87. The monoisotopic (exact) mass is 286 g/mol. The van der Waals surface area contributed by atoms with Gasteiger partial charge in [0, 0.05) is 30.7 Å². The zero-order valence-corrected chi connectivity index (χ0v) is 12.1. The number of rotatable bonds is 3. The van der Waals surface area contributed by atoms with E-state index in [4.69, 9.17) is 11.6 Å². The van der Waals surface area contributed by atoms with Crippen LogP contribution in [-0.2, 0) is 13.6 Å². The lowest BCUT2D eigenvalue weighted by molar-refractivity contribution is 0.673. The molecule has 0 atom stereocenters. The Kier molecular flexibility index (Phi) is 3.42. The highest BCUT2D eigenvalue weighted by Crippen LogP contribution is 2.27. The minimum absolute atomic E-state index is 0.711. The molecule has 2 heterocycles. The van der Waals surface area contributed by atoms with Crippen LogP contribution in [0.1, 0.15) is 5.69 Å². The second-order valence-corrected chi connectivity index (χ2v) is 5.11. The largest absolute Gasteiger partial charge is 0.314 e. The van der Waals surface area contributed by atoms with Gasteiger partial charge in [-0.15, -0.1) is 0 Å². The van der Waals surface area contributed by atoms with E-state index in [0.717, 1.165) is 34.4 Å². The van der Waals surface area contributed by atoms with Crippen molar-refractivity contribution in [1.82, 2.24) is 20.1 Å². The van der Waals surface area contributed by atoms with E-state index in [9.17, 15) is 0 Å². The molecule has 0 saturated heterocycles. The number of halogens is 1. The third-order valence-corrected chi connectivity index (χ3v) is 3.65. The van der Waals surface area contributed by atoms with Crippen molar-refractivity contribution in [2.24, 2.45) is 7.05 Å². The molecule has 0 unspecified atom stereocenters.